The molecule has 0 amide bonds. The summed E-state index contributed by atoms with van der Waals surface area (Å²) in [6.07, 6.45) is 22.2. The lowest BCUT2D eigenvalue weighted by Crippen LogP contribution is -2.17. The smallest absolute Gasteiger partial charge is 0.128 e. The molecule has 0 unspecified atom stereocenters. The highest BCUT2D eigenvalue weighted by Gasteiger charge is 2.19. The van der Waals surface area contributed by atoms with Crippen LogP contribution in [0.25, 0.3) is 0 Å². The lowest BCUT2D eigenvalue weighted by Gasteiger charge is -2.26. The van der Waals surface area contributed by atoms with Crippen molar-refractivity contribution in [3.05, 3.63) is 22.8 Å². The van der Waals surface area contributed by atoms with E-state index in [0.29, 0.717) is 12.0 Å². The van der Waals surface area contributed by atoms with Crippen LogP contribution >= 0.6 is 11.8 Å². The SMILES string of the molecule is CSC(=C\C1CCCCC1)/C(=C/CC(C)C)OC1CCCCC1. The van der Waals surface area contributed by atoms with Gasteiger partial charge >= 0.3 is 0 Å². The van der Waals surface area contributed by atoms with Crippen molar-refractivity contribution in [2.45, 2.75) is 90.6 Å². The Balaban J connectivity index is 2.08. The number of hydrogen-bond donors (Lipinski definition) is 0. The van der Waals surface area contributed by atoms with E-state index >= 15 is 0 Å². The number of ether oxygens (including phenoxy) is 1. The largest absolute Gasteiger partial charge is 0.490 e. The molecule has 0 saturated heterocycles. The zero-order valence-corrected chi connectivity index (χ0v) is 16.3. The summed E-state index contributed by atoms with van der Waals surface area (Å²) >= 11 is 1.88. The molecule has 132 valence electrons. The van der Waals surface area contributed by atoms with Gasteiger partial charge in [-0.25, -0.2) is 0 Å². The van der Waals surface area contributed by atoms with Gasteiger partial charge in [0, 0.05) is 4.91 Å². The van der Waals surface area contributed by atoms with E-state index in [2.05, 4.69) is 32.3 Å². The summed E-state index contributed by atoms with van der Waals surface area (Å²) in [4.78, 5) is 1.39. The van der Waals surface area contributed by atoms with Gasteiger partial charge in [0.2, 0.25) is 0 Å². The molecule has 2 heteroatoms. The fraction of sp³-hybridized carbons (Fsp3) is 0.810. The number of allylic oxidation sites excluding steroid dienone is 2. The van der Waals surface area contributed by atoms with Crippen LogP contribution in [0.4, 0.5) is 0 Å². The van der Waals surface area contributed by atoms with Gasteiger partial charge in [0.05, 0.1) is 6.10 Å². The molecule has 2 aliphatic rings. The Labute approximate surface area is 148 Å². The summed E-state index contributed by atoms with van der Waals surface area (Å²) in [5, 5.41) is 0. The van der Waals surface area contributed by atoms with Crippen LogP contribution in [0.5, 0.6) is 0 Å². The molecule has 0 radical (unpaired) electrons. The highest BCUT2D eigenvalue weighted by Crippen LogP contribution is 2.33. The Bertz CT molecular complexity index is 385. The number of hydrogen-bond acceptors (Lipinski definition) is 2. The summed E-state index contributed by atoms with van der Waals surface area (Å²) in [5.41, 5.74) is 0. The van der Waals surface area contributed by atoms with Gasteiger partial charge in [-0.1, -0.05) is 45.6 Å². The van der Waals surface area contributed by atoms with Crippen molar-refractivity contribution in [3.63, 3.8) is 0 Å². The van der Waals surface area contributed by atoms with Crippen LogP contribution in [0.1, 0.15) is 84.5 Å². The second-order valence-electron chi connectivity index (χ2n) is 7.71. The van der Waals surface area contributed by atoms with Gasteiger partial charge in [-0.3, -0.25) is 0 Å². The molecule has 0 aliphatic heterocycles. The van der Waals surface area contributed by atoms with Crippen molar-refractivity contribution in [3.8, 4) is 0 Å². The molecule has 2 saturated carbocycles. The standard InChI is InChI=1S/C21H36OS/c1-17(2)14-15-20(22-19-12-8-5-9-13-19)21(23-3)16-18-10-6-4-7-11-18/h15-19H,4-14H2,1-3H3/b20-15-,21-16-. The van der Waals surface area contributed by atoms with Gasteiger partial charge in [0.1, 0.15) is 5.76 Å². The molecule has 1 nitrogen and oxygen atoms in total. The normalized spacial score (nSPS) is 22.6. The highest BCUT2D eigenvalue weighted by molar-refractivity contribution is 8.02. The Hall–Kier alpha value is -0.370. The van der Waals surface area contributed by atoms with E-state index < -0.39 is 0 Å². The van der Waals surface area contributed by atoms with E-state index in [0.717, 1.165) is 12.3 Å². The molecule has 0 aromatic carbocycles. The highest BCUT2D eigenvalue weighted by atomic mass is 32.2. The minimum Gasteiger partial charge on any atom is -0.490 e. The van der Waals surface area contributed by atoms with Crippen LogP contribution in [0.2, 0.25) is 0 Å². The van der Waals surface area contributed by atoms with E-state index in [9.17, 15) is 0 Å². The molecule has 0 aromatic heterocycles. The predicted octanol–water partition coefficient (Wildman–Crippen LogP) is 7.09. The summed E-state index contributed by atoms with van der Waals surface area (Å²) in [6, 6.07) is 0. The molecular weight excluding hydrogens is 300 g/mol. The predicted molar refractivity (Wildman–Crippen MR) is 104 cm³/mol. The topological polar surface area (TPSA) is 9.23 Å². The van der Waals surface area contributed by atoms with Crippen LogP contribution in [0, 0.1) is 11.8 Å². The summed E-state index contributed by atoms with van der Waals surface area (Å²) in [5.74, 6) is 2.64. The monoisotopic (exact) mass is 336 g/mol. The van der Waals surface area contributed by atoms with Crippen molar-refractivity contribution < 1.29 is 4.74 Å². The molecule has 23 heavy (non-hydrogen) atoms. The molecule has 0 N–H and O–H groups in total. The third kappa shape index (κ3) is 6.95. The molecule has 0 bridgehead atoms. The van der Waals surface area contributed by atoms with Crippen LogP contribution in [0.15, 0.2) is 22.8 Å². The van der Waals surface area contributed by atoms with Gasteiger partial charge in [-0.05, 0) is 69.1 Å². The maximum Gasteiger partial charge on any atom is 0.128 e. The maximum atomic E-state index is 6.51. The molecule has 0 aromatic rings. The fourth-order valence-electron chi connectivity index (χ4n) is 3.68. The fourth-order valence-corrected chi connectivity index (χ4v) is 4.34. The minimum absolute atomic E-state index is 0.448. The second-order valence-corrected chi connectivity index (χ2v) is 8.56. The first-order valence-corrected chi connectivity index (χ1v) is 11.0. The first kappa shape index (κ1) is 19.0. The Morgan fingerprint density at radius 3 is 2.17 bits per heavy atom. The van der Waals surface area contributed by atoms with Crippen molar-refractivity contribution in [2.75, 3.05) is 6.26 Å². The summed E-state index contributed by atoms with van der Waals surface area (Å²) < 4.78 is 6.51. The second kappa shape index (κ2) is 10.5. The van der Waals surface area contributed by atoms with Gasteiger partial charge in [0.25, 0.3) is 0 Å². The van der Waals surface area contributed by atoms with Crippen LogP contribution < -0.4 is 0 Å². The van der Waals surface area contributed by atoms with E-state index in [4.69, 9.17) is 4.74 Å². The van der Waals surface area contributed by atoms with E-state index in [1.807, 2.05) is 11.8 Å². The average Bonchev–Trinajstić information content (AvgIpc) is 2.58. The van der Waals surface area contributed by atoms with Gasteiger partial charge in [-0.15, -0.1) is 11.8 Å². The van der Waals surface area contributed by atoms with Crippen molar-refractivity contribution in [2.24, 2.45) is 11.8 Å². The van der Waals surface area contributed by atoms with Crippen LogP contribution in [-0.4, -0.2) is 12.4 Å². The summed E-state index contributed by atoms with van der Waals surface area (Å²) in [6.45, 7) is 4.58. The Morgan fingerprint density at radius 1 is 1.00 bits per heavy atom. The summed E-state index contributed by atoms with van der Waals surface area (Å²) in [7, 11) is 0. The lowest BCUT2D eigenvalue weighted by atomic mass is 9.89. The van der Waals surface area contributed by atoms with Crippen LogP contribution in [-0.2, 0) is 4.74 Å². The molecule has 0 atom stereocenters. The van der Waals surface area contributed by atoms with Gasteiger partial charge in [0.15, 0.2) is 0 Å². The first-order valence-electron chi connectivity index (χ1n) is 9.82. The minimum atomic E-state index is 0.448. The van der Waals surface area contributed by atoms with E-state index in [1.54, 1.807) is 0 Å². The van der Waals surface area contributed by atoms with E-state index in [-0.39, 0.29) is 0 Å². The number of thioether (sulfide) groups is 1. The van der Waals surface area contributed by atoms with Crippen LogP contribution in [0.3, 0.4) is 0 Å². The zero-order valence-electron chi connectivity index (χ0n) is 15.5. The molecular formula is C21H36OS. The molecule has 0 heterocycles. The molecule has 2 aliphatic carbocycles. The number of rotatable bonds is 7. The van der Waals surface area contributed by atoms with Gasteiger partial charge < -0.3 is 4.74 Å². The van der Waals surface area contributed by atoms with Crippen molar-refractivity contribution in [1.82, 2.24) is 0 Å². The quantitative estimate of drug-likeness (QED) is 0.362. The first-order chi connectivity index (χ1) is 11.2. The maximum absolute atomic E-state index is 6.51. The van der Waals surface area contributed by atoms with E-state index in [1.165, 1.54) is 74.9 Å². The van der Waals surface area contributed by atoms with Gasteiger partial charge in [-0.2, -0.15) is 0 Å². The van der Waals surface area contributed by atoms with Crippen molar-refractivity contribution in [1.29, 1.82) is 0 Å². The Kier molecular flexibility index (Phi) is 8.64. The molecule has 2 rings (SSSR count). The average molecular weight is 337 g/mol. The third-order valence-electron chi connectivity index (χ3n) is 5.12. The zero-order chi connectivity index (χ0) is 16.5. The lowest BCUT2D eigenvalue weighted by molar-refractivity contribution is 0.0882. The van der Waals surface area contributed by atoms with Crippen molar-refractivity contribution >= 4 is 11.8 Å². The molecule has 0 spiro atoms. The Morgan fingerprint density at radius 2 is 1.61 bits per heavy atom. The molecule has 2 fully saturated rings. The third-order valence-corrected chi connectivity index (χ3v) is 5.90.